The van der Waals surface area contributed by atoms with Crippen LogP contribution in [0, 0.1) is 0 Å². The van der Waals surface area contributed by atoms with Crippen LogP contribution >= 0.6 is 0 Å². The largest absolute Gasteiger partial charge is 0.384 e. The number of rotatable bonds is 3. The van der Waals surface area contributed by atoms with Gasteiger partial charge >= 0.3 is 6.03 Å². The molecule has 1 fully saturated rings. The summed E-state index contributed by atoms with van der Waals surface area (Å²) in [5.41, 5.74) is 0.629. The van der Waals surface area contributed by atoms with Crippen molar-refractivity contribution < 1.29 is 9.32 Å². The van der Waals surface area contributed by atoms with E-state index in [1.807, 2.05) is 0 Å². The van der Waals surface area contributed by atoms with E-state index in [-0.39, 0.29) is 6.03 Å². The van der Waals surface area contributed by atoms with E-state index < -0.39 is 0 Å². The molecule has 1 aromatic heterocycles. The van der Waals surface area contributed by atoms with Gasteiger partial charge in [-0.1, -0.05) is 5.16 Å². The van der Waals surface area contributed by atoms with Crippen LogP contribution in [0.4, 0.5) is 4.79 Å². The number of nitrogens with zero attached hydrogens (tertiary/aromatic N) is 4. The number of amides is 2. The summed E-state index contributed by atoms with van der Waals surface area (Å²) in [5, 5.41) is 9.66. The van der Waals surface area contributed by atoms with Crippen LogP contribution < -0.4 is 10.6 Å². The normalized spacial score (nSPS) is 18.8. The molecule has 0 aliphatic carbocycles. The van der Waals surface area contributed by atoms with Crippen LogP contribution in [0.25, 0.3) is 5.70 Å². The van der Waals surface area contributed by atoms with Crippen molar-refractivity contribution in [3.05, 3.63) is 17.9 Å². The van der Waals surface area contributed by atoms with Crippen molar-refractivity contribution in [3.8, 4) is 0 Å². The fourth-order valence-electron chi connectivity index (χ4n) is 1.93. The third kappa shape index (κ3) is 2.56. The molecule has 2 aliphatic rings. The second-order valence-corrected chi connectivity index (χ2v) is 4.27. The molecule has 0 bridgehead atoms. The molecular weight excluding hydrogens is 248 g/mol. The smallest absolute Gasteiger partial charge is 0.317 e. The molecule has 3 rings (SSSR count). The maximum Gasteiger partial charge on any atom is 0.317 e. The van der Waals surface area contributed by atoms with Crippen molar-refractivity contribution in [2.45, 2.75) is 13.0 Å². The predicted octanol–water partition coefficient (Wildman–Crippen LogP) is -0.0427. The van der Waals surface area contributed by atoms with Crippen molar-refractivity contribution >= 4 is 17.9 Å². The average Bonchev–Trinajstić information content (AvgIpc) is 2.91. The third-order valence-electron chi connectivity index (χ3n) is 2.87. The first-order valence-corrected chi connectivity index (χ1v) is 6.15. The van der Waals surface area contributed by atoms with E-state index in [9.17, 15) is 4.79 Å². The van der Waals surface area contributed by atoms with E-state index in [0.717, 1.165) is 13.0 Å². The molecule has 3 heterocycles. The predicted molar refractivity (Wildman–Crippen MR) is 67.2 cm³/mol. The van der Waals surface area contributed by atoms with Crippen molar-refractivity contribution in [1.82, 2.24) is 25.7 Å². The number of nitrogens with one attached hydrogen (secondary N) is 2. The van der Waals surface area contributed by atoms with Gasteiger partial charge in [0.15, 0.2) is 0 Å². The van der Waals surface area contributed by atoms with Crippen molar-refractivity contribution in [3.63, 3.8) is 0 Å². The van der Waals surface area contributed by atoms with Crippen molar-refractivity contribution in [2.24, 2.45) is 4.99 Å². The summed E-state index contributed by atoms with van der Waals surface area (Å²) in [7, 11) is 0. The summed E-state index contributed by atoms with van der Waals surface area (Å²) in [6, 6.07) is -0.0948. The van der Waals surface area contributed by atoms with Crippen molar-refractivity contribution in [2.75, 3.05) is 19.6 Å². The van der Waals surface area contributed by atoms with E-state index in [1.165, 1.54) is 0 Å². The molecule has 8 nitrogen and oxygen atoms in total. The summed E-state index contributed by atoms with van der Waals surface area (Å²) >= 11 is 0. The van der Waals surface area contributed by atoms with Crippen LogP contribution in [0.5, 0.6) is 0 Å². The lowest BCUT2D eigenvalue weighted by Gasteiger charge is -2.25. The Balaban J connectivity index is 1.69. The van der Waals surface area contributed by atoms with E-state index in [0.29, 0.717) is 37.0 Å². The Bertz CT molecular complexity index is 535. The second kappa shape index (κ2) is 5.09. The fraction of sp³-hybridized carbons (Fsp3) is 0.455. The molecule has 0 spiro atoms. The topological polar surface area (TPSA) is 95.7 Å². The number of hydrogen-bond donors (Lipinski definition) is 2. The minimum atomic E-state index is -0.0948. The van der Waals surface area contributed by atoms with Gasteiger partial charge in [0, 0.05) is 32.0 Å². The quantitative estimate of drug-likeness (QED) is 0.796. The molecule has 8 heteroatoms. The summed E-state index contributed by atoms with van der Waals surface area (Å²) in [6.07, 6.45) is 4.40. The summed E-state index contributed by atoms with van der Waals surface area (Å²) in [6.45, 7) is 2.44. The zero-order valence-electron chi connectivity index (χ0n) is 10.3. The molecule has 0 atom stereocenters. The molecule has 0 aromatic carbocycles. The summed E-state index contributed by atoms with van der Waals surface area (Å²) < 4.78 is 5.14. The van der Waals surface area contributed by atoms with Gasteiger partial charge in [0.1, 0.15) is 12.2 Å². The van der Waals surface area contributed by atoms with Crippen LogP contribution in [0.1, 0.15) is 18.1 Å². The molecule has 2 aliphatic heterocycles. The van der Waals surface area contributed by atoms with Gasteiger partial charge in [0.2, 0.25) is 11.7 Å². The molecule has 100 valence electrons. The molecular formula is C11H14N6O2. The Morgan fingerprint density at radius 2 is 2.42 bits per heavy atom. The number of carbonyl (C=O) groups excluding carboxylic acids is 1. The highest BCUT2D eigenvalue weighted by Gasteiger charge is 2.21. The Morgan fingerprint density at radius 3 is 3.21 bits per heavy atom. The minimum Gasteiger partial charge on any atom is -0.384 e. The van der Waals surface area contributed by atoms with Gasteiger partial charge in [-0.05, 0) is 6.42 Å². The summed E-state index contributed by atoms with van der Waals surface area (Å²) in [5.74, 6) is 0.838. The van der Waals surface area contributed by atoms with Crippen LogP contribution in [0.2, 0.25) is 0 Å². The molecule has 1 aromatic rings. The lowest BCUT2D eigenvalue weighted by atomic mass is 10.3. The van der Waals surface area contributed by atoms with Gasteiger partial charge in [-0.3, -0.25) is 4.99 Å². The Kier molecular flexibility index (Phi) is 3.13. The molecule has 19 heavy (non-hydrogen) atoms. The standard InChI is InChI=1S/C11H14N6O2/c18-11-14-2-1-5-17(11)7-9-15-10(16-19-9)8-6-12-3-4-13-8/h4,6,12H,1-3,5,7H2,(H,14,18). The molecule has 0 unspecified atom stereocenters. The first-order chi connectivity index (χ1) is 9.33. The van der Waals surface area contributed by atoms with Crippen LogP contribution in [0.15, 0.2) is 15.7 Å². The van der Waals surface area contributed by atoms with Gasteiger partial charge in [0.25, 0.3) is 0 Å². The fourth-order valence-corrected chi connectivity index (χ4v) is 1.93. The highest BCUT2D eigenvalue weighted by molar-refractivity contribution is 5.75. The Labute approximate surface area is 109 Å². The Morgan fingerprint density at radius 1 is 1.47 bits per heavy atom. The number of hydrogen-bond acceptors (Lipinski definition) is 6. The number of aliphatic imine (C=N–C) groups is 1. The van der Waals surface area contributed by atoms with Crippen LogP contribution in [-0.4, -0.2) is 46.9 Å². The maximum absolute atomic E-state index is 11.6. The van der Waals surface area contributed by atoms with E-state index in [4.69, 9.17) is 4.52 Å². The van der Waals surface area contributed by atoms with E-state index in [1.54, 1.807) is 17.3 Å². The van der Waals surface area contributed by atoms with Crippen molar-refractivity contribution in [1.29, 1.82) is 0 Å². The first kappa shape index (κ1) is 11.7. The molecule has 2 amide bonds. The zero-order chi connectivity index (χ0) is 13.1. The molecule has 2 N–H and O–H groups in total. The number of urea groups is 1. The second-order valence-electron chi connectivity index (χ2n) is 4.27. The minimum absolute atomic E-state index is 0.0948. The van der Waals surface area contributed by atoms with Gasteiger partial charge in [-0.2, -0.15) is 4.98 Å². The Hall–Kier alpha value is -2.38. The maximum atomic E-state index is 11.6. The molecule has 1 saturated heterocycles. The summed E-state index contributed by atoms with van der Waals surface area (Å²) in [4.78, 5) is 21.6. The lowest BCUT2D eigenvalue weighted by molar-refractivity contribution is 0.174. The monoisotopic (exact) mass is 262 g/mol. The van der Waals surface area contributed by atoms with E-state index >= 15 is 0 Å². The first-order valence-electron chi connectivity index (χ1n) is 6.15. The highest BCUT2D eigenvalue weighted by Crippen LogP contribution is 2.14. The van der Waals surface area contributed by atoms with Gasteiger partial charge < -0.3 is 20.1 Å². The van der Waals surface area contributed by atoms with E-state index in [2.05, 4.69) is 25.8 Å². The third-order valence-corrected chi connectivity index (χ3v) is 2.87. The number of aromatic nitrogens is 2. The van der Waals surface area contributed by atoms with Gasteiger partial charge in [-0.15, -0.1) is 0 Å². The lowest BCUT2D eigenvalue weighted by Crippen LogP contribution is -2.45. The molecule has 0 saturated carbocycles. The van der Waals surface area contributed by atoms with Gasteiger partial charge in [-0.25, -0.2) is 4.79 Å². The van der Waals surface area contributed by atoms with Crippen LogP contribution in [-0.2, 0) is 6.54 Å². The SMILES string of the molecule is O=C1NCCCN1Cc1nc(C2=CNCC=N2)no1. The zero-order valence-corrected chi connectivity index (χ0v) is 10.3. The molecule has 0 radical (unpaired) electrons. The average molecular weight is 262 g/mol. The highest BCUT2D eigenvalue weighted by atomic mass is 16.5. The van der Waals surface area contributed by atoms with Gasteiger partial charge in [0.05, 0.1) is 0 Å². The number of carbonyl (C=O) groups is 1. The van der Waals surface area contributed by atoms with Crippen LogP contribution in [0.3, 0.4) is 0 Å².